The molecule has 2 heterocycles. The first-order valence-electron chi connectivity index (χ1n) is 6.99. The molecule has 100 valence electrons. The van der Waals surface area contributed by atoms with Crippen LogP contribution in [-0.2, 0) is 0 Å². The van der Waals surface area contributed by atoms with Gasteiger partial charge in [0, 0.05) is 13.1 Å². The summed E-state index contributed by atoms with van der Waals surface area (Å²) in [6.07, 6.45) is 3.61. The summed E-state index contributed by atoms with van der Waals surface area (Å²) in [5.41, 5.74) is 6.68. The highest BCUT2D eigenvalue weighted by Gasteiger charge is 2.19. The minimum Gasteiger partial charge on any atom is -0.355 e. The first-order valence-corrected chi connectivity index (χ1v) is 6.99. The third kappa shape index (κ3) is 3.19. The quantitative estimate of drug-likeness (QED) is 0.887. The average Bonchev–Trinajstić information content (AvgIpc) is 2.40. The first-order chi connectivity index (χ1) is 8.70. The molecule has 0 unspecified atom stereocenters. The van der Waals surface area contributed by atoms with Gasteiger partial charge in [0.1, 0.15) is 0 Å². The summed E-state index contributed by atoms with van der Waals surface area (Å²) in [6.45, 7) is 7.26. The molecule has 1 aromatic heterocycles. The second kappa shape index (κ2) is 6.14. The molecule has 0 atom stereocenters. The van der Waals surface area contributed by atoms with Crippen LogP contribution in [0.1, 0.15) is 44.7 Å². The van der Waals surface area contributed by atoms with Crippen LogP contribution < -0.4 is 10.6 Å². The van der Waals surface area contributed by atoms with Crippen LogP contribution in [0.15, 0.2) is 12.1 Å². The van der Waals surface area contributed by atoms with Crippen molar-refractivity contribution in [2.24, 2.45) is 11.7 Å². The predicted octanol–water partition coefficient (Wildman–Crippen LogP) is 2.17. The Morgan fingerprint density at radius 2 is 2.00 bits per heavy atom. The van der Waals surface area contributed by atoms with E-state index in [1.165, 1.54) is 12.8 Å². The zero-order chi connectivity index (χ0) is 13.0. The number of anilines is 1. The van der Waals surface area contributed by atoms with Crippen molar-refractivity contribution in [3.63, 3.8) is 0 Å². The van der Waals surface area contributed by atoms with Crippen LogP contribution in [0.3, 0.4) is 0 Å². The molecule has 2 rings (SSSR count). The van der Waals surface area contributed by atoms with E-state index in [-0.39, 0.29) is 0 Å². The molecule has 0 amide bonds. The fraction of sp³-hybridized carbons (Fsp3) is 0.714. The smallest absolute Gasteiger partial charge is 0.151 e. The van der Waals surface area contributed by atoms with Gasteiger partial charge in [0.15, 0.2) is 5.82 Å². The lowest BCUT2D eigenvalue weighted by molar-refractivity contribution is 0.384. The number of rotatable bonds is 4. The van der Waals surface area contributed by atoms with Gasteiger partial charge in [-0.05, 0) is 49.8 Å². The molecule has 1 aliphatic heterocycles. The second-order valence-corrected chi connectivity index (χ2v) is 5.48. The van der Waals surface area contributed by atoms with Crippen molar-refractivity contribution in [3.05, 3.63) is 17.8 Å². The van der Waals surface area contributed by atoms with E-state index in [0.29, 0.717) is 5.92 Å². The second-order valence-electron chi connectivity index (χ2n) is 5.48. The molecule has 1 aromatic rings. The van der Waals surface area contributed by atoms with Gasteiger partial charge >= 0.3 is 0 Å². The minimum atomic E-state index is 0.446. The van der Waals surface area contributed by atoms with Gasteiger partial charge in [-0.15, -0.1) is 5.10 Å². The summed E-state index contributed by atoms with van der Waals surface area (Å²) in [6, 6.07) is 4.20. The summed E-state index contributed by atoms with van der Waals surface area (Å²) >= 11 is 0. The van der Waals surface area contributed by atoms with Crippen molar-refractivity contribution in [1.82, 2.24) is 10.2 Å². The zero-order valence-electron chi connectivity index (χ0n) is 11.5. The molecule has 4 nitrogen and oxygen atoms in total. The van der Waals surface area contributed by atoms with Crippen molar-refractivity contribution in [3.8, 4) is 0 Å². The van der Waals surface area contributed by atoms with Crippen LogP contribution in [0.2, 0.25) is 0 Å². The molecular formula is C14H24N4. The Labute approximate surface area is 110 Å². The SMILES string of the molecule is CC(C)c1ccc(N2CCC(CCN)CC2)nn1. The Balaban J connectivity index is 1.93. The fourth-order valence-electron chi connectivity index (χ4n) is 2.50. The standard InChI is InChI=1S/C14H24N4/c1-11(2)13-3-4-14(17-16-13)18-9-6-12(5-8-15)7-10-18/h3-4,11-12H,5-10,15H2,1-2H3. The summed E-state index contributed by atoms with van der Waals surface area (Å²) in [4.78, 5) is 2.34. The van der Waals surface area contributed by atoms with Crippen LogP contribution in [0.5, 0.6) is 0 Å². The molecular weight excluding hydrogens is 224 g/mol. The largest absolute Gasteiger partial charge is 0.355 e. The highest BCUT2D eigenvalue weighted by Crippen LogP contribution is 2.23. The molecule has 1 saturated heterocycles. The number of hydrogen-bond donors (Lipinski definition) is 1. The molecule has 0 aromatic carbocycles. The number of aromatic nitrogens is 2. The Morgan fingerprint density at radius 1 is 1.28 bits per heavy atom. The molecule has 0 spiro atoms. The molecule has 0 bridgehead atoms. The molecule has 4 heteroatoms. The lowest BCUT2D eigenvalue weighted by atomic mass is 9.94. The van der Waals surface area contributed by atoms with Crippen LogP contribution in [-0.4, -0.2) is 29.8 Å². The number of nitrogens with zero attached hydrogens (tertiary/aromatic N) is 3. The van der Waals surface area contributed by atoms with Gasteiger partial charge < -0.3 is 10.6 Å². The molecule has 0 saturated carbocycles. The molecule has 1 fully saturated rings. The van der Waals surface area contributed by atoms with E-state index in [2.05, 4.69) is 41.1 Å². The summed E-state index contributed by atoms with van der Waals surface area (Å²) in [5, 5.41) is 8.64. The van der Waals surface area contributed by atoms with Crippen LogP contribution >= 0.6 is 0 Å². The topological polar surface area (TPSA) is 55.0 Å². The first kappa shape index (κ1) is 13.3. The molecule has 0 aliphatic carbocycles. The highest BCUT2D eigenvalue weighted by atomic mass is 15.3. The van der Waals surface area contributed by atoms with Gasteiger partial charge in [-0.1, -0.05) is 13.8 Å². The van der Waals surface area contributed by atoms with E-state index in [0.717, 1.165) is 43.5 Å². The third-order valence-corrected chi connectivity index (χ3v) is 3.78. The maximum absolute atomic E-state index is 5.61. The van der Waals surface area contributed by atoms with E-state index in [9.17, 15) is 0 Å². The molecule has 2 N–H and O–H groups in total. The van der Waals surface area contributed by atoms with Crippen LogP contribution in [0, 0.1) is 5.92 Å². The summed E-state index contributed by atoms with van der Waals surface area (Å²) in [5.74, 6) is 2.27. The van der Waals surface area contributed by atoms with Gasteiger partial charge in [0.05, 0.1) is 5.69 Å². The molecule has 0 radical (unpaired) electrons. The molecule has 1 aliphatic rings. The Hall–Kier alpha value is -1.16. The Kier molecular flexibility index (Phi) is 4.53. The van der Waals surface area contributed by atoms with Gasteiger partial charge in [-0.2, -0.15) is 5.10 Å². The van der Waals surface area contributed by atoms with Crippen molar-refractivity contribution < 1.29 is 0 Å². The van der Waals surface area contributed by atoms with Crippen molar-refractivity contribution >= 4 is 5.82 Å². The van der Waals surface area contributed by atoms with Crippen LogP contribution in [0.25, 0.3) is 0 Å². The van der Waals surface area contributed by atoms with E-state index >= 15 is 0 Å². The van der Waals surface area contributed by atoms with Crippen LogP contribution in [0.4, 0.5) is 5.82 Å². The average molecular weight is 248 g/mol. The van der Waals surface area contributed by atoms with Gasteiger partial charge in [0.25, 0.3) is 0 Å². The van der Waals surface area contributed by atoms with E-state index in [1.807, 2.05) is 0 Å². The van der Waals surface area contributed by atoms with Crippen molar-refractivity contribution in [2.45, 2.75) is 39.0 Å². The lowest BCUT2D eigenvalue weighted by Gasteiger charge is -2.32. The zero-order valence-corrected chi connectivity index (χ0v) is 11.5. The van der Waals surface area contributed by atoms with Crippen molar-refractivity contribution in [2.75, 3.05) is 24.5 Å². The minimum absolute atomic E-state index is 0.446. The Bertz CT molecular complexity index is 353. The normalized spacial score (nSPS) is 17.4. The summed E-state index contributed by atoms with van der Waals surface area (Å²) in [7, 11) is 0. The van der Waals surface area contributed by atoms with E-state index < -0.39 is 0 Å². The predicted molar refractivity (Wildman–Crippen MR) is 74.7 cm³/mol. The summed E-state index contributed by atoms with van der Waals surface area (Å²) < 4.78 is 0. The number of piperidine rings is 1. The maximum atomic E-state index is 5.61. The Morgan fingerprint density at radius 3 is 2.50 bits per heavy atom. The fourth-order valence-corrected chi connectivity index (χ4v) is 2.50. The highest BCUT2D eigenvalue weighted by molar-refractivity contribution is 5.38. The van der Waals surface area contributed by atoms with E-state index in [1.54, 1.807) is 0 Å². The van der Waals surface area contributed by atoms with Gasteiger partial charge in [0.2, 0.25) is 0 Å². The van der Waals surface area contributed by atoms with Gasteiger partial charge in [-0.25, -0.2) is 0 Å². The number of hydrogen-bond acceptors (Lipinski definition) is 4. The van der Waals surface area contributed by atoms with Crippen molar-refractivity contribution in [1.29, 1.82) is 0 Å². The van der Waals surface area contributed by atoms with E-state index in [4.69, 9.17) is 5.73 Å². The number of nitrogens with two attached hydrogens (primary N) is 1. The molecule has 18 heavy (non-hydrogen) atoms. The van der Waals surface area contributed by atoms with Gasteiger partial charge in [-0.3, -0.25) is 0 Å². The third-order valence-electron chi connectivity index (χ3n) is 3.78. The lowest BCUT2D eigenvalue weighted by Crippen LogP contribution is -2.35. The maximum Gasteiger partial charge on any atom is 0.151 e. The monoisotopic (exact) mass is 248 g/mol.